The highest BCUT2D eigenvalue weighted by atomic mass is 16.2. The molecule has 1 aromatic heterocycles. The number of nitrogens with zero attached hydrogens (tertiary/aromatic N) is 3. The van der Waals surface area contributed by atoms with Crippen LogP contribution in [0.15, 0.2) is 30.5 Å². The second-order valence-corrected chi connectivity index (χ2v) is 6.02. The lowest BCUT2D eigenvalue weighted by molar-refractivity contribution is 0.0715. The molecule has 2 heterocycles. The number of nitrogen functional groups attached to an aromatic ring is 1. The van der Waals surface area contributed by atoms with Crippen LogP contribution in [0, 0.1) is 0 Å². The third-order valence-corrected chi connectivity index (χ3v) is 4.25. The van der Waals surface area contributed by atoms with E-state index in [1.54, 1.807) is 0 Å². The minimum Gasteiger partial charge on any atom is -0.368 e. The Bertz CT molecular complexity index is 709. The average Bonchev–Trinajstić information content (AvgIpc) is 2.83. The minimum atomic E-state index is -0.0320. The monoisotopic (exact) mass is 296 g/mol. The van der Waals surface area contributed by atoms with Crippen molar-refractivity contribution in [2.75, 3.05) is 5.73 Å². The quantitative estimate of drug-likeness (QED) is 0.945. The number of aromatic nitrogens is 2. The van der Waals surface area contributed by atoms with Crippen molar-refractivity contribution in [3.63, 3.8) is 0 Å². The highest BCUT2D eigenvalue weighted by Crippen LogP contribution is 2.30. The van der Waals surface area contributed by atoms with Gasteiger partial charge in [-0.15, -0.1) is 0 Å². The molecular formula is C17H20N4O. The molecule has 0 bridgehead atoms. The van der Waals surface area contributed by atoms with E-state index in [1.807, 2.05) is 11.8 Å². The molecule has 5 nitrogen and oxygen atoms in total. The van der Waals surface area contributed by atoms with Gasteiger partial charge in [-0.1, -0.05) is 38.1 Å². The lowest BCUT2D eigenvalue weighted by Crippen LogP contribution is -2.27. The Morgan fingerprint density at radius 3 is 2.41 bits per heavy atom. The Labute approximate surface area is 130 Å². The van der Waals surface area contributed by atoms with Crippen LogP contribution in [0.1, 0.15) is 59.9 Å². The Kier molecular flexibility index (Phi) is 3.56. The van der Waals surface area contributed by atoms with E-state index in [0.29, 0.717) is 23.7 Å². The number of anilines is 1. The third-order valence-electron chi connectivity index (χ3n) is 4.25. The largest absolute Gasteiger partial charge is 0.368 e. The first-order valence-electron chi connectivity index (χ1n) is 7.49. The zero-order chi connectivity index (χ0) is 15.9. The smallest absolute Gasteiger partial charge is 0.258 e. The highest BCUT2D eigenvalue weighted by molar-refractivity contribution is 5.97. The molecule has 0 fully saturated rings. The molecule has 5 heteroatoms. The van der Waals surface area contributed by atoms with Crippen LogP contribution in [0.25, 0.3) is 0 Å². The van der Waals surface area contributed by atoms with E-state index in [-0.39, 0.29) is 17.9 Å². The first-order chi connectivity index (χ1) is 10.5. The molecule has 1 amide bonds. The summed E-state index contributed by atoms with van der Waals surface area (Å²) >= 11 is 0. The van der Waals surface area contributed by atoms with Crippen LogP contribution in [-0.4, -0.2) is 20.8 Å². The van der Waals surface area contributed by atoms with Crippen LogP contribution in [0.3, 0.4) is 0 Å². The lowest BCUT2D eigenvalue weighted by Gasteiger charge is -2.24. The maximum atomic E-state index is 12.5. The van der Waals surface area contributed by atoms with Gasteiger partial charge in [0.05, 0.1) is 23.8 Å². The lowest BCUT2D eigenvalue weighted by atomic mass is 9.99. The highest BCUT2D eigenvalue weighted by Gasteiger charge is 2.32. The number of fused-ring (bicyclic) bond motifs is 1. The molecule has 22 heavy (non-hydrogen) atoms. The van der Waals surface area contributed by atoms with Crippen LogP contribution in [0.5, 0.6) is 0 Å². The standard InChI is InChI=1S/C17H20N4O/c1-10(2)12-4-6-13(7-5-12)11(3)21-9-15-14(16(21)22)8-19-17(18)20-15/h4-8,10-11H,9H2,1-3H3,(H2,18,19,20)/t11-/m0/s1. The number of nitrogens with two attached hydrogens (primary N) is 1. The molecular weight excluding hydrogens is 276 g/mol. The van der Waals surface area contributed by atoms with Crippen molar-refractivity contribution in [3.8, 4) is 0 Å². The fourth-order valence-corrected chi connectivity index (χ4v) is 2.77. The van der Waals surface area contributed by atoms with Crippen LogP contribution >= 0.6 is 0 Å². The predicted molar refractivity (Wildman–Crippen MR) is 85.3 cm³/mol. The van der Waals surface area contributed by atoms with Gasteiger partial charge < -0.3 is 10.6 Å². The van der Waals surface area contributed by atoms with E-state index in [0.717, 1.165) is 5.56 Å². The van der Waals surface area contributed by atoms with E-state index < -0.39 is 0 Å². The first kappa shape index (κ1) is 14.5. The van der Waals surface area contributed by atoms with Crippen molar-refractivity contribution < 1.29 is 4.79 Å². The van der Waals surface area contributed by atoms with Gasteiger partial charge in [0.25, 0.3) is 5.91 Å². The molecule has 2 aromatic rings. The molecule has 2 N–H and O–H groups in total. The predicted octanol–water partition coefficient (Wildman–Crippen LogP) is 2.90. The summed E-state index contributed by atoms with van der Waals surface area (Å²) in [4.78, 5) is 22.4. The fourth-order valence-electron chi connectivity index (χ4n) is 2.77. The molecule has 3 rings (SSSR count). The first-order valence-corrected chi connectivity index (χ1v) is 7.49. The molecule has 0 spiro atoms. The number of carbonyl (C=O) groups is 1. The summed E-state index contributed by atoms with van der Waals surface area (Å²) in [6, 6.07) is 8.43. The van der Waals surface area contributed by atoms with Crippen LogP contribution in [0.2, 0.25) is 0 Å². The Morgan fingerprint density at radius 1 is 1.14 bits per heavy atom. The SMILES string of the molecule is CC(C)c1ccc([C@H](C)N2Cc3nc(N)ncc3C2=O)cc1. The van der Waals surface area contributed by atoms with Crippen molar-refractivity contribution in [1.82, 2.24) is 14.9 Å². The third kappa shape index (κ3) is 2.43. The summed E-state index contributed by atoms with van der Waals surface area (Å²) in [6.45, 7) is 6.85. The van der Waals surface area contributed by atoms with Crippen LogP contribution in [0.4, 0.5) is 5.95 Å². The summed E-state index contributed by atoms with van der Waals surface area (Å²) in [5, 5.41) is 0. The molecule has 1 aliphatic rings. The van der Waals surface area contributed by atoms with Gasteiger partial charge in [-0.05, 0) is 24.0 Å². The molecule has 0 saturated carbocycles. The van der Waals surface area contributed by atoms with E-state index in [2.05, 4.69) is 48.1 Å². The Balaban J connectivity index is 1.84. The van der Waals surface area contributed by atoms with Gasteiger partial charge in [0.15, 0.2) is 0 Å². The van der Waals surface area contributed by atoms with E-state index in [9.17, 15) is 4.79 Å². The van der Waals surface area contributed by atoms with Crippen molar-refractivity contribution in [2.45, 2.75) is 39.3 Å². The van der Waals surface area contributed by atoms with Crippen LogP contribution < -0.4 is 5.73 Å². The zero-order valence-electron chi connectivity index (χ0n) is 13.1. The number of hydrogen-bond acceptors (Lipinski definition) is 4. The van der Waals surface area contributed by atoms with E-state index in [4.69, 9.17) is 5.73 Å². The van der Waals surface area contributed by atoms with E-state index >= 15 is 0 Å². The van der Waals surface area contributed by atoms with Gasteiger partial charge in [-0.25, -0.2) is 9.97 Å². The number of carbonyl (C=O) groups excluding carboxylic acids is 1. The van der Waals surface area contributed by atoms with Crippen LogP contribution in [-0.2, 0) is 6.54 Å². The summed E-state index contributed by atoms with van der Waals surface area (Å²) in [5.74, 6) is 0.679. The van der Waals surface area contributed by atoms with Gasteiger partial charge in [-0.3, -0.25) is 4.79 Å². The van der Waals surface area contributed by atoms with Crippen molar-refractivity contribution >= 4 is 11.9 Å². The fraction of sp³-hybridized carbons (Fsp3) is 0.353. The number of benzene rings is 1. The van der Waals surface area contributed by atoms with Gasteiger partial charge >= 0.3 is 0 Å². The summed E-state index contributed by atoms with van der Waals surface area (Å²) in [5.41, 5.74) is 9.28. The molecule has 1 aliphatic heterocycles. The van der Waals surface area contributed by atoms with Gasteiger partial charge in [0.2, 0.25) is 5.95 Å². The number of hydrogen-bond donors (Lipinski definition) is 1. The van der Waals surface area contributed by atoms with Gasteiger partial charge in [0, 0.05) is 6.20 Å². The normalized spacial score (nSPS) is 15.3. The zero-order valence-corrected chi connectivity index (χ0v) is 13.1. The van der Waals surface area contributed by atoms with Crippen molar-refractivity contribution in [1.29, 1.82) is 0 Å². The maximum absolute atomic E-state index is 12.5. The number of rotatable bonds is 3. The Morgan fingerprint density at radius 2 is 1.77 bits per heavy atom. The van der Waals surface area contributed by atoms with Crippen molar-refractivity contribution in [2.24, 2.45) is 0 Å². The second-order valence-electron chi connectivity index (χ2n) is 6.02. The minimum absolute atomic E-state index is 0.0101. The Hall–Kier alpha value is -2.43. The maximum Gasteiger partial charge on any atom is 0.258 e. The number of amides is 1. The second kappa shape index (κ2) is 5.40. The van der Waals surface area contributed by atoms with Gasteiger partial charge in [-0.2, -0.15) is 0 Å². The topological polar surface area (TPSA) is 72.1 Å². The molecule has 114 valence electrons. The molecule has 0 radical (unpaired) electrons. The molecule has 1 atom stereocenters. The van der Waals surface area contributed by atoms with Gasteiger partial charge in [0.1, 0.15) is 0 Å². The summed E-state index contributed by atoms with van der Waals surface area (Å²) < 4.78 is 0. The summed E-state index contributed by atoms with van der Waals surface area (Å²) in [7, 11) is 0. The summed E-state index contributed by atoms with van der Waals surface area (Å²) in [6.07, 6.45) is 1.52. The molecule has 0 saturated heterocycles. The average molecular weight is 296 g/mol. The molecule has 0 aliphatic carbocycles. The van der Waals surface area contributed by atoms with E-state index in [1.165, 1.54) is 11.8 Å². The molecule has 0 unspecified atom stereocenters. The van der Waals surface area contributed by atoms with Crippen molar-refractivity contribution in [3.05, 3.63) is 52.8 Å². The molecule has 1 aromatic carbocycles.